The van der Waals surface area contributed by atoms with Crippen molar-refractivity contribution in [3.05, 3.63) is 0 Å². The van der Waals surface area contributed by atoms with Crippen molar-refractivity contribution in [3.63, 3.8) is 0 Å². The Morgan fingerprint density at radius 3 is 2.31 bits per heavy atom. The number of nitrogens with two attached hydrogens (primary N) is 1. The molecule has 5 nitrogen and oxygen atoms in total. The Morgan fingerprint density at radius 1 is 1.54 bits per heavy atom. The monoisotopic (exact) mass is 207 g/mol. The van der Waals surface area contributed by atoms with Crippen LogP contribution in [0.2, 0.25) is 0 Å². The molecule has 0 bridgehead atoms. The minimum absolute atomic E-state index is 0.00432. The summed E-state index contributed by atoms with van der Waals surface area (Å²) in [7, 11) is -1.77. The zero-order valence-electron chi connectivity index (χ0n) is 8.19. The van der Waals surface area contributed by atoms with Gasteiger partial charge >= 0.3 is 0 Å². The van der Waals surface area contributed by atoms with Crippen LogP contribution >= 0.6 is 0 Å². The third kappa shape index (κ3) is 2.63. The molecule has 3 N–H and O–H groups in total. The smallest absolute Gasteiger partial charge is 0.279 e. The van der Waals surface area contributed by atoms with Crippen molar-refractivity contribution in [2.45, 2.75) is 38.4 Å². The fraction of sp³-hybridized carbons (Fsp3) is 1.00. The molecule has 0 amide bonds. The molecule has 2 unspecified atom stereocenters. The molecule has 1 aliphatic rings. The van der Waals surface area contributed by atoms with Gasteiger partial charge in [0.05, 0.1) is 0 Å². The predicted octanol–water partition coefficient (Wildman–Crippen LogP) is -0.739. The molecule has 0 radical (unpaired) electrons. The lowest BCUT2D eigenvalue weighted by molar-refractivity contribution is 0.402. The fourth-order valence-electron chi connectivity index (χ4n) is 0.902. The maximum atomic E-state index is 11.5. The average Bonchev–Trinajstić information content (AvgIpc) is 2.63. The number of hydrogen-bond acceptors (Lipinski definition) is 3. The Bertz CT molecular complexity index is 275. The zero-order chi connectivity index (χ0) is 10.2. The van der Waals surface area contributed by atoms with E-state index in [1.807, 2.05) is 13.8 Å². The number of hydrogen-bond donors (Lipinski definition) is 2. The second-order valence-corrected chi connectivity index (χ2v) is 5.50. The van der Waals surface area contributed by atoms with Crippen LogP contribution in [-0.4, -0.2) is 37.9 Å². The van der Waals surface area contributed by atoms with Crippen molar-refractivity contribution in [1.82, 2.24) is 9.03 Å². The zero-order valence-corrected chi connectivity index (χ0v) is 9.00. The standard InChI is InChI=1S/C7H17N3O2S/c1-5(2)10(3)13(11,12)9-7-4-6(7)8/h5-7,9H,4,8H2,1-3H3. The van der Waals surface area contributed by atoms with Crippen LogP contribution in [0.25, 0.3) is 0 Å². The first-order valence-corrected chi connectivity index (χ1v) is 5.79. The van der Waals surface area contributed by atoms with Crippen molar-refractivity contribution >= 4 is 10.2 Å². The predicted molar refractivity (Wildman–Crippen MR) is 51.3 cm³/mol. The van der Waals surface area contributed by atoms with Gasteiger partial charge in [-0.15, -0.1) is 0 Å². The van der Waals surface area contributed by atoms with Crippen molar-refractivity contribution < 1.29 is 8.42 Å². The van der Waals surface area contributed by atoms with Crippen molar-refractivity contribution in [2.75, 3.05) is 7.05 Å². The molecular formula is C7H17N3O2S. The maximum absolute atomic E-state index is 11.5. The van der Waals surface area contributed by atoms with Crippen LogP contribution < -0.4 is 10.5 Å². The highest BCUT2D eigenvalue weighted by molar-refractivity contribution is 7.87. The normalized spacial score (nSPS) is 28.5. The van der Waals surface area contributed by atoms with Crippen LogP contribution in [-0.2, 0) is 10.2 Å². The molecule has 0 spiro atoms. The van der Waals surface area contributed by atoms with Crippen LogP contribution in [0.4, 0.5) is 0 Å². The molecule has 2 atom stereocenters. The minimum Gasteiger partial charge on any atom is -0.326 e. The van der Waals surface area contributed by atoms with Crippen LogP contribution in [0.1, 0.15) is 20.3 Å². The van der Waals surface area contributed by atoms with Gasteiger partial charge in [-0.1, -0.05) is 0 Å². The number of rotatable bonds is 4. The Hall–Kier alpha value is -0.170. The maximum Gasteiger partial charge on any atom is 0.279 e. The van der Waals surface area contributed by atoms with Gasteiger partial charge in [0.25, 0.3) is 10.2 Å². The average molecular weight is 207 g/mol. The third-order valence-corrected chi connectivity index (χ3v) is 4.03. The van der Waals surface area contributed by atoms with E-state index in [-0.39, 0.29) is 18.1 Å². The largest absolute Gasteiger partial charge is 0.326 e. The van der Waals surface area contributed by atoms with Gasteiger partial charge in [0.1, 0.15) is 0 Å². The Balaban J connectivity index is 2.55. The van der Waals surface area contributed by atoms with Crippen molar-refractivity contribution in [3.8, 4) is 0 Å². The van der Waals surface area contributed by atoms with Gasteiger partial charge in [-0.25, -0.2) is 0 Å². The Kier molecular flexibility index (Phi) is 2.96. The minimum atomic E-state index is -3.33. The first kappa shape index (κ1) is 10.9. The summed E-state index contributed by atoms with van der Waals surface area (Å²) in [5.74, 6) is 0. The van der Waals surface area contributed by atoms with Gasteiger partial charge in [-0.05, 0) is 20.3 Å². The van der Waals surface area contributed by atoms with E-state index >= 15 is 0 Å². The second-order valence-electron chi connectivity index (χ2n) is 3.74. The summed E-state index contributed by atoms with van der Waals surface area (Å²) in [6.07, 6.45) is 0.741. The summed E-state index contributed by atoms with van der Waals surface area (Å²) in [5.41, 5.74) is 5.50. The third-order valence-electron chi connectivity index (χ3n) is 2.25. The van der Waals surface area contributed by atoms with Gasteiger partial charge < -0.3 is 5.73 Å². The van der Waals surface area contributed by atoms with Gasteiger partial charge in [0.2, 0.25) is 0 Å². The quantitative estimate of drug-likeness (QED) is 0.637. The van der Waals surface area contributed by atoms with Crippen molar-refractivity contribution in [1.29, 1.82) is 0 Å². The molecule has 1 saturated carbocycles. The molecule has 13 heavy (non-hydrogen) atoms. The van der Waals surface area contributed by atoms with E-state index in [0.29, 0.717) is 0 Å². The lowest BCUT2D eigenvalue weighted by atomic mass is 10.4. The van der Waals surface area contributed by atoms with Gasteiger partial charge in [0.15, 0.2) is 0 Å². The summed E-state index contributed by atoms with van der Waals surface area (Å²) >= 11 is 0. The van der Waals surface area contributed by atoms with E-state index in [1.165, 1.54) is 4.31 Å². The van der Waals surface area contributed by atoms with E-state index in [0.717, 1.165) is 6.42 Å². The second kappa shape index (κ2) is 3.53. The SMILES string of the molecule is CC(C)N(C)S(=O)(=O)NC1CC1N. The molecule has 0 aromatic carbocycles. The van der Waals surface area contributed by atoms with Gasteiger partial charge in [-0.3, -0.25) is 0 Å². The molecular weight excluding hydrogens is 190 g/mol. The first-order valence-electron chi connectivity index (χ1n) is 4.35. The topological polar surface area (TPSA) is 75.4 Å². The van der Waals surface area contributed by atoms with Crippen LogP contribution in [0, 0.1) is 0 Å². The van der Waals surface area contributed by atoms with Gasteiger partial charge in [0, 0.05) is 25.2 Å². The van der Waals surface area contributed by atoms with E-state index in [9.17, 15) is 8.42 Å². The molecule has 0 heterocycles. The van der Waals surface area contributed by atoms with E-state index in [2.05, 4.69) is 4.72 Å². The fourth-order valence-corrected chi connectivity index (χ4v) is 2.28. The molecule has 1 aliphatic carbocycles. The summed E-state index contributed by atoms with van der Waals surface area (Å²) < 4.78 is 26.9. The molecule has 6 heteroatoms. The van der Waals surface area contributed by atoms with E-state index < -0.39 is 10.2 Å². The lowest BCUT2D eigenvalue weighted by Gasteiger charge is -2.21. The number of nitrogens with zero attached hydrogens (tertiary/aromatic N) is 1. The van der Waals surface area contributed by atoms with Crippen LogP contribution in [0.3, 0.4) is 0 Å². The molecule has 0 aromatic heterocycles. The lowest BCUT2D eigenvalue weighted by Crippen LogP contribution is -2.43. The summed E-state index contributed by atoms with van der Waals surface area (Å²) in [6.45, 7) is 3.65. The Labute approximate surface area is 79.5 Å². The Morgan fingerprint density at radius 2 is 2.00 bits per heavy atom. The summed E-state index contributed by atoms with van der Waals surface area (Å²) in [4.78, 5) is 0. The van der Waals surface area contributed by atoms with Gasteiger partial charge in [-0.2, -0.15) is 17.4 Å². The summed E-state index contributed by atoms with van der Waals surface area (Å²) in [5, 5.41) is 0. The highest BCUT2D eigenvalue weighted by Gasteiger charge is 2.38. The molecule has 0 saturated heterocycles. The molecule has 78 valence electrons. The first-order chi connectivity index (χ1) is 5.84. The molecule has 1 fully saturated rings. The highest BCUT2D eigenvalue weighted by atomic mass is 32.2. The van der Waals surface area contributed by atoms with E-state index in [1.54, 1.807) is 7.05 Å². The molecule has 0 aromatic rings. The van der Waals surface area contributed by atoms with Crippen LogP contribution in [0.5, 0.6) is 0 Å². The number of nitrogens with one attached hydrogen (secondary N) is 1. The summed E-state index contributed by atoms with van der Waals surface area (Å²) in [6, 6.07) is -0.103. The molecule has 0 aliphatic heterocycles. The molecule has 1 rings (SSSR count). The highest BCUT2D eigenvalue weighted by Crippen LogP contribution is 2.19. The van der Waals surface area contributed by atoms with Crippen LogP contribution in [0.15, 0.2) is 0 Å². The van der Waals surface area contributed by atoms with Crippen molar-refractivity contribution in [2.24, 2.45) is 5.73 Å². The van der Waals surface area contributed by atoms with E-state index in [4.69, 9.17) is 5.73 Å².